The molecular weight excluding hydrogens is 186 g/mol. The molecule has 1 aromatic heterocycles. The van der Waals surface area contributed by atoms with Gasteiger partial charge in [-0.3, -0.25) is 0 Å². The van der Waals surface area contributed by atoms with Crippen LogP contribution < -0.4 is 0 Å². The molecule has 0 N–H and O–H groups in total. The molecule has 0 amide bonds. The fraction of sp³-hybridized carbons (Fsp3) is 0.444. The summed E-state index contributed by atoms with van der Waals surface area (Å²) in [5.41, 5.74) is 0.328. The highest BCUT2D eigenvalue weighted by atomic mass is 35.5. The van der Waals surface area contributed by atoms with Gasteiger partial charge in [0.05, 0.1) is 0 Å². The van der Waals surface area contributed by atoms with Crippen LogP contribution in [0.5, 0.6) is 0 Å². The van der Waals surface area contributed by atoms with E-state index >= 15 is 0 Å². The van der Waals surface area contributed by atoms with Crippen LogP contribution >= 0.6 is 11.6 Å². The van der Waals surface area contributed by atoms with Crippen LogP contribution in [0.25, 0.3) is 0 Å². The SMILES string of the molecule is CCC(C)c1ncc(C#N)c(Cl)n1. The Labute approximate surface area is 82.4 Å². The van der Waals surface area contributed by atoms with Gasteiger partial charge in [-0.2, -0.15) is 5.26 Å². The summed E-state index contributed by atoms with van der Waals surface area (Å²) < 4.78 is 0. The van der Waals surface area contributed by atoms with Crippen LogP contribution in [-0.4, -0.2) is 9.97 Å². The van der Waals surface area contributed by atoms with Crippen molar-refractivity contribution in [1.82, 2.24) is 9.97 Å². The van der Waals surface area contributed by atoms with Crippen LogP contribution in [0, 0.1) is 11.3 Å². The summed E-state index contributed by atoms with van der Waals surface area (Å²) in [5.74, 6) is 0.983. The highest BCUT2D eigenvalue weighted by molar-refractivity contribution is 6.30. The summed E-state index contributed by atoms with van der Waals surface area (Å²) >= 11 is 5.76. The molecule has 1 aromatic rings. The van der Waals surface area contributed by atoms with E-state index in [9.17, 15) is 0 Å². The molecule has 1 rings (SSSR count). The first-order valence-electron chi connectivity index (χ1n) is 4.11. The third-order valence-electron chi connectivity index (χ3n) is 1.93. The Morgan fingerprint density at radius 2 is 2.38 bits per heavy atom. The van der Waals surface area contributed by atoms with E-state index in [2.05, 4.69) is 16.9 Å². The van der Waals surface area contributed by atoms with Crippen molar-refractivity contribution < 1.29 is 0 Å². The van der Waals surface area contributed by atoms with Gasteiger partial charge in [0.1, 0.15) is 17.5 Å². The van der Waals surface area contributed by atoms with E-state index in [0.717, 1.165) is 6.42 Å². The predicted molar refractivity (Wildman–Crippen MR) is 50.5 cm³/mol. The number of hydrogen-bond acceptors (Lipinski definition) is 3. The maximum atomic E-state index is 8.59. The predicted octanol–water partition coefficient (Wildman–Crippen LogP) is 2.52. The molecule has 3 nitrogen and oxygen atoms in total. The molecule has 0 saturated heterocycles. The monoisotopic (exact) mass is 195 g/mol. The minimum Gasteiger partial charge on any atom is -0.240 e. The van der Waals surface area contributed by atoms with E-state index in [1.807, 2.05) is 13.0 Å². The molecule has 0 spiro atoms. The van der Waals surface area contributed by atoms with E-state index in [0.29, 0.717) is 11.4 Å². The third kappa shape index (κ3) is 2.16. The molecule has 0 aromatic carbocycles. The van der Waals surface area contributed by atoms with E-state index in [1.54, 1.807) is 0 Å². The van der Waals surface area contributed by atoms with Gasteiger partial charge >= 0.3 is 0 Å². The van der Waals surface area contributed by atoms with Crippen molar-refractivity contribution in [2.75, 3.05) is 0 Å². The Balaban J connectivity index is 3.04. The molecular formula is C9H10ClN3. The number of nitrogens with zero attached hydrogens (tertiary/aromatic N) is 3. The lowest BCUT2D eigenvalue weighted by molar-refractivity contribution is 0.677. The largest absolute Gasteiger partial charge is 0.240 e. The second kappa shape index (κ2) is 4.20. The smallest absolute Gasteiger partial charge is 0.150 e. The minimum atomic E-state index is 0.243. The Bertz CT molecular complexity index is 343. The topological polar surface area (TPSA) is 49.6 Å². The number of halogens is 1. The van der Waals surface area contributed by atoms with Gasteiger partial charge in [0.2, 0.25) is 0 Å². The molecule has 0 aliphatic carbocycles. The molecule has 1 unspecified atom stereocenters. The zero-order valence-electron chi connectivity index (χ0n) is 7.58. The van der Waals surface area contributed by atoms with Crippen molar-refractivity contribution in [3.05, 3.63) is 22.7 Å². The third-order valence-corrected chi connectivity index (χ3v) is 2.22. The molecule has 0 aliphatic rings. The van der Waals surface area contributed by atoms with Crippen LogP contribution in [-0.2, 0) is 0 Å². The highest BCUT2D eigenvalue weighted by Crippen LogP contribution is 2.17. The lowest BCUT2D eigenvalue weighted by Gasteiger charge is -2.06. The normalized spacial score (nSPS) is 12.2. The summed E-state index contributed by atoms with van der Waals surface area (Å²) in [6.07, 6.45) is 2.43. The number of hydrogen-bond donors (Lipinski definition) is 0. The zero-order chi connectivity index (χ0) is 9.84. The van der Waals surface area contributed by atoms with E-state index in [-0.39, 0.29) is 11.1 Å². The maximum Gasteiger partial charge on any atom is 0.150 e. The Hall–Kier alpha value is -1.14. The van der Waals surface area contributed by atoms with Crippen LogP contribution in [0.15, 0.2) is 6.20 Å². The van der Waals surface area contributed by atoms with Crippen LogP contribution in [0.1, 0.15) is 37.6 Å². The van der Waals surface area contributed by atoms with Gasteiger partial charge in [0.15, 0.2) is 5.15 Å². The Morgan fingerprint density at radius 3 is 2.85 bits per heavy atom. The van der Waals surface area contributed by atoms with E-state index in [4.69, 9.17) is 16.9 Å². The van der Waals surface area contributed by atoms with Crippen molar-refractivity contribution in [2.45, 2.75) is 26.2 Å². The van der Waals surface area contributed by atoms with Gasteiger partial charge < -0.3 is 0 Å². The minimum absolute atomic E-state index is 0.243. The number of nitriles is 1. The van der Waals surface area contributed by atoms with E-state index in [1.165, 1.54) is 6.20 Å². The zero-order valence-corrected chi connectivity index (χ0v) is 8.34. The fourth-order valence-corrected chi connectivity index (χ4v) is 1.05. The second-order valence-corrected chi connectivity index (χ2v) is 3.21. The van der Waals surface area contributed by atoms with Gasteiger partial charge in [-0.1, -0.05) is 25.4 Å². The summed E-state index contributed by atoms with van der Waals surface area (Å²) in [7, 11) is 0. The van der Waals surface area contributed by atoms with Crippen LogP contribution in [0.4, 0.5) is 0 Å². The summed E-state index contributed by atoms with van der Waals surface area (Å²) in [5, 5.41) is 8.83. The first-order valence-corrected chi connectivity index (χ1v) is 4.49. The molecule has 0 bridgehead atoms. The fourth-order valence-electron chi connectivity index (χ4n) is 0.869. The molecule has 0 saturated carbocycles. The average molecular weight is 196 g/mol. The average Bonchev–Trinajstić information content (AvgIpc) is 2.16. The Kier molecular flexibility index (Phi) is 3.21. The Morgan fingerprint density at radius 1 is 1.69 bits per heavy atom. The van der Waals surface area contributed by atoms with E-state index < -0.39 is 0 Å². The van der Waals surface area contributed by atoms with Gasteiger partial charge in [0.25, 0.3) is 0 Å². The van der Waals surface area contributed by atoms with Gasteiger partial charge in [-0.25, -0.2) is 9.97 Å². The molecule has 0 aliphatic heterocycles. The molecule has 1 atom stereocenters. The standard InChI is InChI=1S/C9H10ClN3/c1-3-6(2)9-12-5-7(4-11)8(10)13-9/h5-6H,3H2,1-2H3. The first-order chi connectivity index (χ1) is 6.19. The van der Waals surface area contributed by atoms with Crippen molar-refractivity contribution in [3.8, 4) is 6.07 Å². The van der Waals surface area contributed by atoms with Crippen molar-refractivity contribution in [2.24, 2.45) is 0 Å². The second-order valence-electron chi connectivity index (χ2n) is 2.85. The highest BCUT2D eigenvalue weighted by Gasteiger charge is 2.09. The van der Waals surface area contributed by atoms with Crippen LogP contribution in [0.3, 0.4) is 0 Å². The van der Waals surface area contributed by atoms with Crippen molar-refractivity contribution in [1.29, 1.82) is 5.26 Å². The maximum absolute atomic E-state index is 8.59. The summed E-state index contributed by atoms with van der Waals surface area (Å²) in [6, 6.07) is 1.92. The van der Waals surface area contributed by atoms with Gasteiger partial charge in [-0.05, 0) is 6.42 Å². The molecule has 0 radical (unpaired) electrons. The molecule has 13 heavy (non-hydrogen) atoms. The van der Waals surface area contributed by atoms with Gasteiger partial charge in [0, 0.05) is 12.1 Å². The lowest BCUT2D eigenvalue weighted by atomic mass is 10.1. The summed E-state index contributed by atoms with van der Waals surface area (Å²) in [6.45, 7) is 4.08. The first kappa shape index (κ1) is 9.94. The molecule has 1 heterocycles. The number of rotatable bonds is 2. The van der Waals surface area contributed by atoms with Gasteiger partial charge in [-0.15, -0.1) is 0 Å². The van der Waals surface area contributed by atoms with Crippen molar-refractivity contribution >= 4 is 11.6 Å². The quantitative estimate of drug-likeness (QED) is 0.682. The lowest BCUT2D eigenvalue weighted by Crippen LogP contribution is -2.00. The molecule has 68 valence electrons. The molecule has 0 fully saturated rings. The van der Waals surface area contributed by atoms with Crippen LogP contribution in [0.2, 0.25) is 5.15 Å². The number of aromatic nitrogens is 2. The molecule has 4 heteroatoms. The summed E-state index contributed by atoms with van der Waals surface area (Å²) in [4.78, 5) is 8.11. The van der Waals surface area contributed by atoms with Crippen molar-refractivity contribution in [3.63, 3.8) is 0 Å².